The Bertz CT molecular complexity index is 391. The molecule has 1 aromatic rings. The van der Waals surface area contributed by atoms with E-state index in [1.807, 2.05) is 0 Å². The molecule has 0 radical (unpaired) electrons. The largest absolute Gasteiger partial charge is 0.385 e. The van der Waals surface area contributed by atoms with Crippen LogP contribution in [0.1, 0.15) is 32.6 Å². The van der Waals surface area contributed by atoms with E-state index in [1.54, 1.807) is 12.1 Å². The van der Waals surface area contributed by atoms with Crippen molar-refractivity contribution in [1.29, 1.82) is 0 Å². The van der Waals surface area contributed by atoms with Crippen LogP contribution < -0.4 is 5.32 Å². The lowest BCUT2D eigenvalue weighted by atomic mass is 9.83. The zero-order chi connectivity index (χ0) is 13.1. The summed E-state index contributed by atoms with van der Waals surface area (Å²) < 4.78 is 13.3. The van der Waals surface area contributed by atoms with Crippen LogP contribution in [0.3, 0.4) is 0 Å². The quantitative estimate of drug-likeness (QED) is 0.738. The molecule has 0 bridgehead atoms. The monoisotopic (exact) mass is 289 g/mol. The third-order valence-electron chi connectivity index (χ3n) is 3.71. The first-order valence-electron chi connectivity index (χ1n) is 6.44. The highest BCUT2D eigenvalue weighted by Crippen LogP contribution is 2.30. The number of rotatable bonds is 3. The van der Waals surface area contributed by atoms with Gasteiger partial charge in [-0.25, -0.2) is 4.39 Å². The van der Waals surface area contributed by atoms with Gasteiger partial charge in [0.05, 0.1) is 10.0 Å². The van der Waals surface area contributed by atoms with Gasteiger partial charge >= 0.3 is 0 Å². The van der Waals surface area contributed by atoms with Crippen LogP contribution in [0.15, 0.2) is 12.1 Å². The molecule has 1 aliphatic rings. The first-order valence-corrected chi connectivity index (χ1v) is 7.20. The summed E-state index contributed by atoms with van der Waals surface area (Å²) in [6, 6.07) is 3.18. The zero-order valence-electron chi connectivity index (χ0n) is 10.5. The van der Waals surface area contributed by atoms with E-state index < -0.39 is 5.82 Å². The molecule has 0 amide bonds. The first-order chi connectivity index (χ1) is 8.56. The number of nitrogens with one attached hydrogen (secondary N) is 1. The molecule has 100 valence electrons. The second-order valence-electron chi connectivity index (χ2n) is 5.26. The molecule has 2 rings (SSSR count). The number of hydrogen-bond donors (Lipinski definition) is 1. The lowest BCUT2D eigenvalue weighted by Gasteiger charge is -2.26. The van der Waals surface area contributed by atoms with Crippen molar-refractivity contribution in [3.8, 4) is 0 Å². The van der Waals surface area contributed by atoms with Gasteiger partial charge < -0.3 is 5.32 Å². The van der Waals surface area contributed by atoms with Gasteiger partial charge in [-0.15, -0.1) is 0 Å². The van der Waals surface area contributed by atoms with Crippen molar-refractivity contribution < 1.29 is 4.39 Å². The molecule has 0 spiro atoms. The van der Waals surface area contributed by atoms with Gasteiger partial charge in [-0.1, -0.05) is 43.0 Å². The Kier molecular flexibility index (Phi) is 4.74. The van der Waals surface area contributed by atoms with Crippen LogP contribution in [0.4, 0.5) is 10.1 Å². The molecule has 1 aliphatic carbocycles. The molecule has 1 fully saturated rings. The molecular formula is C14H18Cl2FN. The van der Waals surface area contributed by atoms with E-state index in [0.29, 0.717) is 5.92 Å². The summed E-state index contributed by atoms with van der Waals surface area (Å²) in [5.41, 5.74) is 0.796. The molecule has 0 aliphatic heterocycles. The van der Waals surface area contributed by atoms with E-state index in [1.165, 1.54) is 25.7 Å². The maximum Gasteiger partial charge on any atom is 0.160 e. The van der Waals surface area contributed by atoms with Gasteiger partial charge in [0, 0.05) is 12.2 Å². The summed E-state index contributed by atoms with van der Waals surface area (Å²) in [4.78, 5) is 0. The summed E-state index contributed by atoms with van der Waals surface area (Å²) in [6.45, 7) is 3.22. The van der Waals surface area contributed by atoms with Gasteiger partial charge in [-0.3, -0.25) is 0 Å². The molecule has 0 saturated heterocycles. The average molecular weight is 290 g/mol. The SMILES string of the molecule is CC1CCC(CNc2cc(Cl)c(F)c(Cl)c2)CC1. The lowest BCUT2D eigenvalue weighted by molar-refractivity contribution is 0.300. The topological polar surface area (TPSA) is 12.0 Å². The molecular weight excluding hydrogens is 272 g/mol. The fourth-order valence-electron chi connectivity index (χ4n) is 2.45. The van der Waals surface area contributed by atoms with E-state index in [-0.39, 0.29) is 10.0 Å². The summed E-state index contributed by atoms with van der Waals surface area (Å²) >= 11 is 11.5. The van der Waals surface area contributed by atoms with Crippen molar-refractivity contribution in [3.63, 3.8) is 0 Å². The Balaban J connectivity index is 1.90. The Morgan fingerprint density at radius 3 is 2.28 bits per heavy atom. The standard InChI is InChI=1S/C14H18Cl2FN/c1-9-2-4-10(5-3-9)8-18-11-6-12(15)14(17)13(16)7-11/h6-7,9-10,18H,2-5,8H2,1H3. The average Bonchev–Trinajstić information content (AvgIpc) is 2.35. The molecule has 0 aromatic heterocycles. The van der Waals surface area contributed by atoms with Gasteiger partial charge in [-0.2, -0.15) is 0 Å². The summed E-state index contributed by atoms with van der Waals surface area (Å²) in [6.07, 6.45) is 5.13. The Morgan fingerprint density at radius 2 is 1.72 bits per heavy atom. The van der Waals surface area contributed by atoms with E-state index in [4.69, 9.17) is 23.2 Å². The summed E-state index contributed by atoms with van der Waals surface area (Å²) in [5.74, 6) is 1.01. The lowest BCUT2D eigenvalue weighted by Crippen LogP contribution is -2.20. The first kappa shape index (κ1) is 14.0. The van der Waals surface area contributed by atoms with E-state index in [2.05, 4.69) is 12.2 Å². The zero-order valence-corrected chi connectivity index (χ0v) is 12.0. The number of benzene rings is 1. The third kappa shape index (κ3) is 3.52. The molecule has 1 N–H and O–H groups in total. The minimum absolute atomic E-state index is 0.0715. The minimum atomic E-state index is -0.546. The number of anilines is 1. The predicted octanol–water partition coefficient (Wildman–Crippen LogP) is 5.37. The van der Waals surface area contributed by atoms with E-state index in [9.17, 15) is 4.39 Å². The molecule has 1 saturated carbocycles. The van der Waals surface area contributed by atoms with Crippen LogP contribution in [0, 0.1) is 17.7 Å². The molecule has 1 aromatic carbocycles. The molecule has 0 heterocycles. The predicted molar refractivity (Wildman–Crippen MR) is 76.0 cm³/mol. The van der Waals surface area contributed by atoms with Crippen LogP contribution >= 0.6 is 23.2 Å². The number of halogens is 3. The van der Waals surface area contributed by atoms with E-state index in [0.717, 1.165) is 18.2 Å². The van der Waals surface area contributed by atoms with Gasteiger partial charge in [0.25, 0.3) is 0 Å². The van der Waals surface area contributed by atoms with Crippen molar-refractivity contribution in [2.24, 2.45) is 11.8 Å². The molecule has 18 heavy (non-hydrogen) atoms. The fourth-order valence-corrected chi connectivity index (χ4v) is 2.94. The smallest absolute Gasteiger partial charge is 0.160 e. The van der Waals surface area contributed by atoms with Crippen LogP contribution in [0.25, 0.3) is 0 Å². The van der Waals surface area contributed by atoms with Crippen LogP contribution in [-0.2, 0) is 0 Å². The van der Waals surface area contributed by atoms with Crippen molar-refractivity contribution >= 4 is 28.9 Å². The molecule has 0 unspecified atom stereocenters. The summed E-state index contributed by atoms with van der Waals surface area (Å²) in [5, 5.41) is 3.45. The highest BCUT2D eigenvalue weighted by atomic mass is 35.5. The second-order valence-corrected chi connectivity index (χ2v) is 6.08. The van der Waals surface area contributed by atoms with Crippen molar-refractivity contribution in [2.45, 2.75) is 32.6 Å². The van der Waals surface area contributed by atoms with Gasteiger partial charge in [0.1, 0.15) is 0 Å². The van der Waals surface area contributed by atoms with Gasteiger partial charge in [-0.05, 0) is 36.8 Å². The van der Waals surface area contributed by atoms with E-state index >= 15 is 0 Å². The Morgan fingerprint density at radius 1 is 1.17 bits per heavy atom. The third-order valence-corrected chi connectivity index (χ3v) is 4.26. The van der Waals surface area contributed by atoms with Crippen molar-refractivity contribution in [3.05, 3.63) is 28.0 Å². The van der Waals surface area contributed by atoms with Crippen molar-refractivity contribution in [1.82, 2.24) is 0 Å². The van der Waals surface area contributed by atoms with Crippen LogP contribution in [0.2, 0.25) is 10.0 Å². The van der Waals surface area contributed by atoms with Crippen molar-refractivity contribution in [2.75, 3.05) is 11.9 Å². The highest BCUT2D eigenvalue weighted by Gasteiger charge is 2.18. The Hall–Kier alpha value is -0.470. The molecule has 4 heteroatoms. The molecule has 1 nitrogen and oxygen atoms in total. The minimum Gasteiger partial charge on any atom is -0.385 e. The summed E-state index contributed by atoms with van der Waals surface area (Å²) in [7, 11) is 0. The normalized spacial score (nSPS) is 24.0. The maximum absolute atomic E-state index is 13.3. The van der Waals surface area contributed by atoms with Gasteiger partial charge in [0.15, 0.2) is 5.82 Å². The Labute approximate surface area is 118 Å². The number of hydrogen-bond acceptors (Lipinski definition) is 1. The highest BCUT2D eigenvalue weighted by molar-refractivity contribution is 6.35. The fraction of sp³-hybridized carbons (Fsp3) is 0.571. The molecule has 0 atom stereocenters. The van der Waals surface area contributed by atoms with Crippen LogP contribution in [0.5, 0.6) is 0 Å². The van der Waals surface area contributed by atoms with Gasteiger partial charge in [0.2, 0.25) is 0 Å². The maximum atomic E-state index is 13.3. The second kappa shape index (κ2) is 6.12. The van der Waals surface area contributed by atoms with Crippen LogP contribution in [-0.4, -0.2) is 6.54 Å².